The van der Waals surface area contributed by atoms with Crippen LogP contribution in [0.2, 0.25) is 0 Å². The number of rotatable bonds is 1. The van der Waals surface area contributed by atoms with Crippen LogP contribution < -0.4 is 0 Å². The van der Waals surface area contributed by atoms with Crippen LogP contribution in [-0.2, 0) is 4.74 Å². The summed E-state index contributed by atoms with van der Waals surface area (Å²) in [5, 5.41) is 0. The van der Waals surface area contributed by atoms with Crippen LogP contribution in [0.4, 0.5) is 0 Å². The van der Waals surface area contributed by atoms with Gasteiger partial charge in [-0.3, -0.25) is 4.99 Å². The summed E-state index contributed by atoms with van der Waals surface area (Å²) in [6.07, 6.45) is 0.249. The second-order valence-corrected chi connectivity index (χ2v) is 1.91. The van der Waals surface area contributed by atoms with E-state index in [-0.39, 0.29) is 6.10 Å². The van der Waals surface area contributed by atoms with Crippen molar-refractivity contribution in [1.82, 2.24) is 0 Å². The molecule has 0 rings (SSSR count). The van der Waals surface area contributed by atoms with E-state index in [0.29, 0.717) is 0 Å². The lowest BCUT2D eigenvalue weighted by Gasteiger charge is -2.06. The molecule has 0 aromatic rings. The number of hydrogen-bond acceptors (Lipinski definition) is 2. The number of hydrogen-bond donors (Lipinski definition) is 0. The van der Waals surface area contributed by atoms with Gasteiger partial charge in [0.2, 0.25) is 0 Å². The monoisotopic (exact) mass is 115 g/mol. The molecule has 8 heavy (non-hydrogen) atoms. The molecule has 0 aliphatic heterocycles. The van der Waals surface area contributed by atoms with Gasteiger partial charge in [0.1, 0.15) is 0 Å². The van der Waals surface area contributed by atoms with Crippen LogP contribution in [0.5, 0.6) is 0 Å². The minimum atomic E-state index is 0.249. The third-order valence-electron chi connectivity index (χ3n) is 0.721. The minimum absolute atomic E-state index is 0.249. The van der Waals surface area contributed by atoms with E-state index in [2.05, 4.69) is 4.99 Å². The Labute approximate surface area is 50.6 Å². The molecule has 0 N–H and O–H groups in total. The van der Waals surface area contributed by atoms with Gasteiger partial charge in [0.25, 0.3) is 0 Å². The molecular formula is C6H13NO. The van der Waals surface area contributed by atoms with Crippen LogP contribution in [0.15, 0.2) is 4.99 Å². The summed E-state index contributed by atoms with van der Waals surface area (Å²) in [5.41, 5.74) is 0. The summed E-state index contributed by atoms with van der Waals surface area (Å²) in [6.45, 7) is 5.81. The van der Waals surface area contributed by atoms with Crippen molar-refractivity contribution in [2.24, 2.45) is 4.99 Å². The zero-order chi connectivity index (χ0) is 6.57. The predicted octanol–water partition coefficient (Wildman–Crippen LogP) is 1.46. The molecule has 0 aliphatic carbocycles. The highest BCUT2D eigenvalue weighted by Crippen LogP contribution is 1.88. The molecule has 0 amide bonds. The van der Waals surface area contributed by atoms with Gasteiger partial charge < -0.3 is 4.74 Å². The molecular weight excluding hydrogens is 102 g/mol. The summed E-state index contributed by atoms with van der Waals surface area (Å²) in [5.74, 6) is 0.750. The first-order valence-corrected chi connectivity index (χ1v) is 2.77. The summed E-state index contributed by atoms with van der Waals surface area (Å²) in [6, 6.07) is 0. The predicted molar refractivity (Wildman–Crippen MR) is 35.3 cm³/mol. The Morgan fingerprint density at radius 3 is 2.12 bits per heavy atom. The fourth-order valence-corrected chi connectivity index (χ4v) is 0.394. The molecule has 0 atom stereocenters. The molecule has 0 fully saturated rings. The molecule has 2 heteroatoms. The van der Waals surface area contributed by atoms with E-state index >= 15 is 0 Å². The minimum Gasteiger partial charge on any atom is -0.479 e. The summed E-state index contributed by atoms with van der Waals surface area (Å²) in [4.78, 5) is 3.82. The highest BCUT2D eigenvalue weighted by Gasteiger charge is 1.91. The molecule has 48 valence electrons. The van der Waals surface area contributed by atoms with Crippen LogP contribution in [-0.4, -0.2) is 19.0 Å². The van der Waals surface area contributed by atoms with E-state index in [1.54, 1.807) is 7.05 Å². The van der Waals surface area contributed by atoms with Crippen molar-refractivity contribution in [2.75, 3.05) is 7.05 Å². The highest BCUT2D eigenvalue weighted by atomic mass is 16.5. The second kappa shape index (κ2) is 3.47. The average Bonchev–Trinajstić information content (AvgIpc) is 1.65. The molecule has 0 aromatic carbocycles. The quantitative estimate of drug-likeness (QED) is 0.374. The Morgan fingerprint density at radius 1 is 1.50 bits per heavy atom. The van der Waals surface area contributed by atoms with E-state index < -0.39 is 0 Å². The largest absolute Gasteiger partial charge is 0.479 e. The Balaban J connectivity index is 3.39. The molecule has 0 radical (unpaired) electrons. The Kier molecular flexibility index (Phi) is 3.24. The van der Waals surface area contributed by atoms with Crippen molar-refractivity contribution in [2.45, 2.75) is 26.9 Å². The Morgan fingerprint density at radius 2 is 2.00 bits per heavy atom. The normalized spacial score (nSPS) is 12.4. The zero-order valence-corrected chi connectivity index (χ0v) is 5.93. The molecule has 0 bridgehead atoms. The maximum absolute atomic E-state index is 5.15. The van der Waals surface area contributed by atoms with Crippen LogP contribution in [0.3, 0.4) is 0 Å². The van der Waals surface area contributed by atoms with Crippen LogP contribution in [0.25, 0.3) is 0 Å². The SMILES string of the molecule is CN=C(C)OC(C)C. The van der Waals surface area contributed by atoms with Crippen molar-refractivity contribution in [3.8, 4) is 0 Å². The number of ether oxygens (including phenoxy) is 1. The topological polar surface area (TPSA) is 21.6 Å². The first-order chi connectivity index (χ1) is 3.66. The van der Waals surface area contributed by atoms with Crippen molar-refractivity contribution in [3.05, 3.63) is 0 Å². The van der Waals surface area contributed by atoms with Gasteiger partial charge >= 0.3 is 0 Å². The summed E-state index contributed by atoms with van der Waals surface area (Å²) < 4.78 is 5.15. The van der Waals surface area contributed by atoms with E-state index in [4.69, 9.17) is 4.74 Å². The van der Waals surface area contributed by atoms with Gasteiger partial charge in [-0.05, 0) is 13.8 Å². The van der Waals surface area contributed by atoms with Crippen molar-refractivity contribution in [3.63, 3.8) is 0 Å². The van der Waals surface area contributed by atoms with E-state index in [1.807, 2.05) is 20.8 Å². The third kappa shape index (κ3) is 3.65. The van der Waals surface area contributed by atoms with E-state index in [9.17, 15) is 0 Å². The van der Waals surface area contributed by atoms with Gasteiger partial charge in [-0.25, -0.2) is 0 Å². The molecule has 2 nitrogen and oxygen atoms in total. The lowest BCUT2D eigenvalue weighted by atomic mass is 10.5. The first-order valence-electron chi connectivity index (χ1n) is 2.77. The van der Waals surface area contributed by atoms with E-state index in [0.717, 1.165) is 5.90 Å². The van der Waals surface area contributed by atoms with Crippen LogP contribution in [0.1, 0.15) is 20.8 Å². The van der Waals surface area contributed by atoms with Gasteiger partial charge in [0.15, 0.2) is 5.90 Å². The molecule has 0 saturated carbocycles. The van der Waals surface area contributed by atoms with Crippen LogP contribution >= 0.6 is 0 Å². The smallest absolute Gasteiger partial charge is 0.179 e. The van der Waals surface area contributed by atoms with Gasteiger partial charge in [-0.1, -0.05) is 0 Å². The summed E-state index contributed by atoms with van der Waals surface area (Å²) in [7, 11) is 1.72. The zero-order valence-electron chi connectivity index (χ0n) is 5.93. The fourth-order valence-electron chi connectivity index (χ4n) is 0.394. The lowest BCUT2D eigenvalue weighted by Crippen LogP contribution is -2.07. The maximum Gasteiger partial charge on any atom is 0.179 e. The highest BCUT2D eigenvalue weighted by molar-refractivity contribution is 5.72. The van der Waals surface area contributed by atoms with Gasteiger partial charge in [-0.15, -0.1) is 0 Å². The maximum atomic E-state index is 5.15. The third-order valence-corrected chi connectivity index (χ3v) is 0.721. The van der Waals surface area contributed by atoms with E-state index in [1.165, 1.54) is 0 Å². The van der Waals surface area contributed by atoms with Crippen molar-refractivity contribution >= 4 is 5.90 Å². The Hall–Kier alpha value is -0.530. The molecule has 0 unspecified atom stereocenters. The fraction of sp³-hybridized carbons (Fsp3) is 0.833. The molecule has 0 spiro atoms. The Bertz CT molecular complexity index is 86.5. The first kappa shape index (κ1) is 7.47. The average molecular weight is 115 g/mol. The number of aliphatic imine (C=N–C) groups is 1. The molecule has 0 aromatic heterocycles. The van der Waals surface area contributed by atoms with Gasteiger partial charge in [0.05, 0.1) is 6.10 Å². The lowest BCUT2D eigenvalue weighted by molar-refractivity contribution is 0.226. The van der Waals surface area contributed by atoms with Crippen LogP contribution in [0, 0.1) is 0 Å². The van der Waals surface area contributed by atoms with Crippen molar-refractivity contribution < 1.29 is 4.74 Å². The van der Waals surface area contributed by atoms with Gasteiger partial charge in [-0.2, -0.15) is 0 Å². The second-order valence-electron chi connectivity index (χ2n) is 1.91. The van der Waals surface area contributed by atoms with Gasteiger partial charge in [0, 0.05) is 14.0 Å². The molecule has 0 heterocycles. The molecule has 0 saturated heterocycles. The van der Waals surface area contributed by atoms with Crippen molar-refractivity contribution in [1.29, 1.82) is 0 Å². The standard InChI is InChI=1S/C6H13NO/c1-5(2)8-6(3)7-4/h5H,1-4H3. The number of nitrogens with zero attached hydrogens (tertiary/aromatic N) is 1. The summed E-state index contributed by atoms with van der Waals surface area (Å²) >= 11 is 0. The molecule has 0 aliphatic rings.